The fourth-order valence-electron chi connectivity index (χ4n) is 7.22. The first-order valence-electron chi connectivity index (χ1n) is 20.3. The van der Waals surface area contributed by atoms with Crippen molar-refractivity contribution in [2.45, 2.75) is 184 Å². The number of benzene rings is 3. The number of nitrogens with zero attached hydrogens (tertiary/aromatic N) is 3. The quantitative estimate of drug-likeness (QED) is 0.173. The third kappa shape index (κ3) is 11.2. The summed E-state index contributed by atoms with van der Waals surface area (Å²) in [5, 5.41) is 22.6. The highest BCUT2D eigenvalue weighted by Gasteiger charge is 2.29. The summed E-state index contributed by atoms with van der Waals surface area (Å²) in [6, 6.07) is 12.6. The summed E-state index contributed by atoms with van der Waals surface area (Å²) in [6.07, 6.45) is 0. The molecule has 8 nitrogen and oxygen atoms in total. The second-order valence-corrected chi connectivity index (χ2v) is 21.9. The summed E-state index contributed by atoms with van der Waals surface area (Å²) in [5.41, 5.74) is 8.71. The molecule has 312 valence electrons. The monoisotopic (exact) mass is 782 g/mol. The highest BCUT2D eigenvalue weighted by Crippen LogP contribution is 2.42. The second-order valence-electron chi connectivity index (χ2n) is 21.9. The summed E-state index contributed by atoms with van der Waals surface area (Å²) in [5.74, 6) is 0.619. The molecule has 0 aliphatic rings. The van der Waals surface area contributed by atoms with Gasteiger partial charge in [0.2, 0.25) is 0 Å². The van der Waals surface area contributed by atoms with E-state index in [2.05, 4.69) is 159 Å². The first-order chi connectivity index (χ1) is 25.8. The van der Waals surface area contributed by atoms with E-state index < -0.39 is 0 Å². The van der Waals surface area contributed by atoms with Gasteiger partial charge in [-0.3, -0.25) is 0 Å². The average Bonchev–Trinajstić information content (AvgIpc) is 3.03. The maximum atomic E-state index is 11.3. The minimum atomic E-state index is -0.293. The van der Waals surface area contributed by atoms with E-state index in [-0.39, 0.29) is 70.3 Å². The third-order valence-electron chi connectivity index (χ3n) is 10.3. The van der Waals surface area contributed by atoms with Crippen molar-refractivity contribution in [2.24, 2.45) is 0 Å². The fourth-order valence-corrected chi connectivity index (χ4v) is 7.22. The largest absolute Gasteiger partial charge is 0.507 e. The van der Waals surface area contributed by atoms with Crippen molar-refractivity contribution >= 4 is 0 Å². The Morgan fingerprint density at radius 1 is 0.368 bits per heavy atom. The van der Waals surface area contributed by atoms with Crippen LogP contribution in [-0.4, -0.2) is 25.2 Å². The number of ether oxygens (including phenoxy) is 3. The summed E-state index contributed by atoms with van der Waals surface area (Å²) < 4.78 is 19.0. The molecule has 0 amide bonds. The van der Waals surface area contributed by atoms with Gasteiger partial charge in [0.1, 0.15) is 31.3 Å². The molecule has 0 radical (unpaired) electrons. The fraction of sp³-hybridized carbons (Fsp3) is 0.571. The van der Waals surface area contributed by atoms with Crippen molar-refractivity contribution in [1.82, 2.24) is 15.0 Å². The number of hydrogen-bond donors (Lipinski definition) is 2. The van der Waals surface area contributed by atoms with Crippen molar-refractivity contribution in [3.05, 3.63) is 92.0 Å². The van der Waals surface area contributed by atoms with Crippen molar-refractivity contribution in [3.63, 3.8) is 0 Å². The average molecular weight is 782 g/mol. The lowest BCUT2D eigenvalue weighted by Crippen LogP contribution is -2.20. The Balaban J connectivity index is 1.77. The number of rotatable bonds is 9. The molecule has 57 heavy (non-hydrogen) atoms. The first-order valence-corrected chi connectivity index (χ1v) is 20.3. The van der Waals surface area contributed by atoms with E-state index in [9.17, 15) is 10.2 Å². The molecule has 0 aliphatic heterocycles. The minimum Gasteiger partial charge on any atom is -0.507 e. The van der Waals surface area contributed by atoms with Crippen LogP contribution in [0.2, 0.25) is 0 Å². The molecule has 0 spiro atoms. The molecule has 0 saturated carbocycles. The molecular formula is C49H71N3O5. The van der Waals surface area contributed by atoms with Gasteiger partial charge >= 0.3 is 18.0 Å². The normalized spacial score (nSPS) is 13.2. The Hall–Kier alpha value is -4.33. The van der Waals surface area contributed by atoms with Crippen LogP contribution in [0.25, 0.3) is 0 Å². The molecule has 8 heteroatoms. The van der Waals surface area contributed by atoms with Gasteiger partial charge in [-0.05, 0) is 119 Å². The lowest BCUT2D eigenvalue weighted by atomic mass is 9.76. The van der Waals surface area contributed by atoms with E-state index in [1.807, 2.05) is 24.3 Å². The molecule has 3 aromatic carbocycles. The van der Waals surface area contributed by atoms with Crippen molar-refractivity contribution in [2.75, 3.05) is 0 Å². The molecule has 1 heterocycles. The predicted octanol–water partition coefficient (Wildman–Crippen LogP) is 12.1. The van der Waals surface area contributed by atoms with Gasteiger partial charge in [0, 0.05) is 0 Å². The van der Waals surface area contributed by atoms with Crippen molar-refractivity contribution in [1.29, 1.82) is 0 Å². The maximum Gasteiger partial charge on any atom is 0.326 e. The lowest BCUT2D eigenvalue weighted by Gasteiger charge is -2.29. The zero-order chi connectivity index (χ0) is 43.3. The van der Waals surface area contributed by atoms with Gasteiger partial charge in [0.05, 0.1) is 0 Å². The van der Waals surface area contributed by atoms with Gasteiger partial charge in [-0.2, -0.15) is 0 Å². The Morgan fingerprint density at radius 3 is 0.754 bits per heavy atom. The maximum absolute atomic E-state index is 11.3. The summed E-state index contributed by atoms with van der Waals surface area (Å²) in [4.78, 5) is 13.8. The lowest BCUT2D eigenvalue weighted by molar-refractivity contribution is 0.222. The molecule has 4 aromatic rings. The Bertz CT molecular complexity index is 1720. The van der Waals surface area contributed by atoms with Crippen LogP contribution in [0.15, 0.2) is 36.4 Å². The van der Waals surface area contributed by atoms with Crippen LogP contribution in [0.5, 0.6) is 29.5 Å². The van der Waals surface area contributed by atoms with Gasteiger partial charge in [0.15, 0.2) is 0 Å². The van der Waals surface area contributed by atoms with Crippen LogP contribution in [0, 0.1) is 6.92 Å². The molecular weight excluding hydrogens is 711 g/mol. The van der Waals surface area contributed by atoms with Gasteiger partial charge in [-0.1, -0.05) is 137 Å². The number of phenolic OH excluding ortho intramolecular Hbond substituents is 2. The van der Waals surface area contributed by atoms with Gasteiger partial charge in [-0.25, -0.2) is 0 Å². The summed E-state index contributed by atoms with van der Waals surface area (Å²) in [7, 11) is 0. The predicted molar refractivity (Wildman–Crippen MR) is 232 cm³/mol. The van der Waals surface area contributed by atoms with Crippen LogP contribution < -0.4 is 14.2 Å². The standard InChI is InChI=1S/C49H71N3O5/c1-29-33(44(2,3)4)20-30(21-34(29)45(5,6)7)26-55-41-50-42(56-27-31-22-35(46(8,9)10)39(53)36(23-31)47(11,12)13)52-43(51-41)57-28-32-24-37(48(14,15)16)40(54)38(25-32)49(17,18)19/h20-25,53-54H,26-28H2,1-19H3. The van der Waals surface area contributed by atoms with Gasteiger partial charge in [-0.15, -0.1) is 15.0 Å². The number of phenols is 2. The molecule has 0 bridgehead atoms. The van der Waals surface area contributed by atoms with Crippen LogP contribution in [0.3, 0.4) is 0 Å². The van der Waals surface area contributed by atoms with Gasteiger partial charge in [0.25, 0.3) is 0 Å². The highest BCUT2D eigenvalue weighted by atomic mass is 16.5. The first kappa shape index (κ1) is 45.4. The van der Waals surface area contributed by atoms with Crippen molar-refractivity contribution in [3.8, 4) is 29.5 Å². The molecule has 0 aliphatic carbocycles. The Kier molecular flexibility index (Phi) is 12.6. The van der Waals surface area contributed by atoms with Crippen LogP contribution >= 0.6 is 0 Å². The van der Waals surface area contributed by atoms with E-state index in [4.69, 9.17) is 14.2 Å². The van der Waals surface area contributed by atoms with E-state index in [1.54, 1.807) is 0 Å². The van der Waals surface area contributed by atoms with Crippen LogP contribution in [-0.2, 0) is 52.3 Å². The second kappa shape index (κ2) is 15.8. The summed E-state index contributed by atoms with van der Waals surface area (Å²) >= 11 is 0. The zero-order valence-electron chi connectivity index (χ0n) is 38.5. The Labute approximate surface area is 343 Å². The van der Waals surface area contributed by atoms with Crippen molar-refractivity contribution < 1.29 is 24.4 Å². The van der Waals surface area contributed by atoms with Crippen LogP contribution in [0.1, 0.15) is 180 Å². The van der Waals surface area contributed by atoms with E-state index in [1.165, 1.54) is 16.7 Å². The minimum absolute atomic E-state index is 0.0584. The van der Waals surface area contributed by atoms with E-state index >= 15 is 0 Å². The zero-order valence-corrected chi connectivity index (χ0v) is 38.5. The molecule has 1 aromatic heterocycles. The Morgan fingerprint density at radius 2 is 0.561 bits per heavy atom. The molecule has 0 fully saturated rings. The molecule has 4 rings (SSSR count). The topological polar surface area (TPSA) is 107 Å². The SMILES string of the molecule is Cc1c(C(C)(C)C)cc(COc2nc(OCc3cc(C(C)(C)C)c(O)c(C(C)(C)C)c3)nc(OCc3cc(C(C)(C)C)c(O)c(C(C)(C)C)c3)n2)cc1C(C)(C)C. The number of aromatic hydroxyl groups is 2. The summed E-state index contributed by atoms with van der Waals surface area (Å²) in [6.45, 7) is 41.2. The smallest absolute Gasteiger partial charge is 0.326 e. The van der Waals surface area contributed by atoms with Gasteiger partial charge < -0.3 is 24.4 Å². The number of aromatic nitrogens is 3. The van der Waals surface area contributed by atoms with Crippen LogP contribution in [0.4, 0.5) is 0 Å². The molecule has 0 atom stereocenters. The molecule has 2 N–H and O–H groups in total. The number of hydrogen-bond acceptors (Lipinski definition) is 8. The highest BCUT2D eigenvalue weighted by molar-refractivity contribution is 5.51. The van der Waals surface area contributed by atoms with E-state index in [0.29, 0.717) is 11.5 Å². The third-order valence-corrected chi connectivity index (χ3v) is 10.3. The van der Waals surface area contributed by atoms with E-state index in [0.717, 1.165) is 38.9 Å². The molecule has 0 unspecified atom stereocenters. The molecule has 0 saturated heterocycles.